The molecule has 158 valence electrons. The maximum Gasteiger partial charge on any atom is 0.161 e. The molecule has 0 saturated carbocycles. The summed E-state index contributed by atoms with van der Waals surface area (Å²) in [5.41, 5.74) is 1.17. The third kappa shape index (κ3) is 6.62. The molecule has 28 heavy (non-hydrogen) atoms. The first-order valence-electron chi connectivity index (χ1n) is 10.7. The van der Waals surface area contributed by atoms with Gasteiger partial charge in [-0.05, 0) is 56.5 Å². The van der Waals surface area contributed by atoms with Gasteiger partial charge >= 0.3 is 0 Å². The van der Waals surface area contributed by atoms with Crippen LogP contribution in [0, 0.1) is 0 Å². The van der Waals surface area contributed by atoms with Crippen LogP contribution in [0.3, 0.4) is 0 Å². The van der Waals surface area contributed by atoms with Crippen LogP contribution >= 0.6 is 0 Å². The number of benzene rings is 1. The van der Waals surface area contributed by atoms with Gasteiger partial charge in [0.1, 0.15) is 12.7 Å². The molecule has 0 bridgehead atoms. The van der Waals surface area contributed by atoms with Gasteiger partial charge in [0.2, 0.25) is 0 Å². The molecule has 6 heteroatoms. The van der Waals surface area contributed by atoms with Crippen LogP contribution in [0.2, 0.25) is 0 Å². The minimum Gasteiger partial charge on any atom is -0.493 e. The zero-order valence-electron chi connectivity index (χ0n) is 17.2. The van der Waals surface area contributed by atoms with Crippen LogP contribution < -0.4 is 9.47 Å². The number of methoxy groups -OCH3 is 1. The lowest BCUT2D eigenvalue weighted by Gasteiger charge is -2.29. The van der Waals surface area contributed by atoms with E-state index < -0.39 is 6.10 Å². The molecule has 0 aliphatic carbocycles. The summed E-state index contributed by atoms with van der Waals surface area (Å²) in [6, 6.07) is 6.01. The van der Waals surface area contributed by atoms with E-state index in [1.54, 1.807) is 7.11 Å². The number of nitrogens with zero attached hydrogens (tertiary/aromatic N) is 2. The Morgan fingerprint density at radius 3 is 2.39 bits per heavy atom. The maximum atomic E-state index is 10.4. The first kappa shape index (κ1) is 21.4. The molecule has 0 aromatic heterocycles. The predicted molar refractivity (Wildman–Crippen MR) is 110 cm³/mol. The average Bonchev–Trinajstić information content (AvgIpc) is 2.97. The molecule has 0 radical (unpaired) electrons. The SMILES string of the molecule is COc1cc(CN2CCC(O)CC2)ccc1OCC(O)CN1CCCCCC1. The summed E-state index contributed by atoms with van der Waals surface area (Å²) in [6.07, 6.45) is 6.07. The third-order valence-corrected chi connectivity index (χ3v) is 5.79. The number of aliphatic hydroxyl groups is 2. The van der Waals surface area contributed by atoms with Crippen LogP contribution in [0.4, 0.5) is 0 Å². The molecule has 2 N–H and O–H groups in total. The number of aliphatic hydroxyl groups excluding tert-OH is 2. The molecular weight excluding hydrogens is 356 g/mol. The van der Waals surface area contributed by atoms with Gasteiger partial charge in [-0.3, -0.25) is 4.90 Å². The number of likely N-dealkylation sites (tertiary alicyclic amines) is 2. The predicted octanol–water partition coefficient (Wildman–Crippen LogP) is 2.27. The smallest absolute Gasteiger partial charge is 0.161 e. The van der Waals surface area contributed by atoms with Crippen molar-refractivity contribution in [3.05, 3.63) is 23.8 Å². The molecule has 2 heterocycles. The number of β-amino-alcohol motifs (C(OH)–C–C–N with tert-alkyl or cyclic N) is 1. The number of ether oxygens (including phenoxy) is 2. The van der Waals surface area contributed by atoms with E-state index in [-0.39, 0.29) is 12.7 Å². The molecule has 6 nitrogen and oxygen atoms in total. The molecule has 0 amide bonds. The zero-order chi connectivity index (χ0) is 19.8. The van der Waals surface area contributed by atoms with Gasteiger partial charge in [-0.2, -0.15) is 0 Å². The summed E-state index contributed by atoms with van der Waals surface area (Å²) >= 11 is 0. The normalized spacial score (nSPS) is 21.2. The lowest BCUT2D eigenvalue weighted by molar-refractivity contribution is 0.0682. The van der Waals surface area contributed by atoms with Crippen LogP contribution in [0.15, 0.2) is 18.2 Å². The van der Waals surface area contributed by atoms with E-state index in [1.165, 1.54) is 31.2 Å². The Kier molecular flexibility index (Phi) is 8.40. The van der Waals surface area contributed by atoms with Crippen molar-refractivity contribution in [3.8, 4) is 11.5 Å². The fourth-order valence-electron chi connectivity index (χ4n) is 4.12. The lowest BCUT2D eigenvalue weighted by Crippen LogP contribution is -2.36. The van der Waals surface area contributed by atoms with Crippen molar-refractivity contribution in [1.29, 1.82) is 0 Å². The van der Waals surface area contributed by atoms with Gasteiger partial charge in [-0.25, -0.2) is 0 Å². The number of rotatable bonds is 8. The third-order valence-electron chi connectivity index (χ3n) is 5.79. The summed E-state index contributed by atoms with van der Waals surface area (Å²) in [7, 11) is 1.65. The molecule has 2 aliphatic heterocycles. The van der Waals surface area contributed by atoms with E-state index in [0.717, 1.165) is 45.6 Å². The highest BCUT2D eigenvalue weighted by Gasteiger charge is 2.18. The van der Waals surface area contributed by atoms with Crippen molar-refractivity contribution >= 4 is 0 Å². The standard InChI is InChI=1S/C22H36N2O4/c1-27-22-14-18(15-24-12-8-19(25)9-13-24)6-7-21(22)28-17-20(26)16-23-10-4-2-3-5-11-23/h6-7,14,19-20,25-26H,2-5,8-13,15-17H2,1H3. The van der Waals surface area contributed by atoms with Crippen molar-refractivity contribution in [1.82, 2.24) is 9.80 Å². The fraction of sp³-hybridized carbons (Fsp3) is 0.727. The molecule has 1 atom stereocenters. The molecule has 0 spiro atoms. The molecule has 1 aromatic carbocycles. The lowest BCUT2D eigenvalue weighted by atomic mass is 10.1. The zero-order valence-corrected chi connectivity index (χ0v) is 17.2. The van der Waals surface area contributed by atoms with Crippen LogP contribution in [0.1, 0.15) is 44.1 Å². The Balaban J connectivity index is 1.49. The topological polar surface area (TPSA) is 65.4 Å². The number of hydrogen-bond acceptors (Lipinski definition) is 6. The van der Waals surface area contributed by atoms with Gasteiger partial charge in [0.05, 0.1) is 13.2 Å². The molecule has 3 rings (SSSR count). The molecule has 2 fully saturated rings. The first-order chi connectivity index (χ1) is 13.6. The largest absolute Gasteiger partial charge is 0.493 e. The second-order valence-corrected chi connectivity index (χ2v) is 8.17. The fourth-order valence-corrected chi connectivity index (χ4v) is 4.12. The highest BCUT2D eigenvalue weighted by Crippen LogP contribution is 2.29. The van der Waals surface area contributed by atoms with Gasteiger partial charge in [0, 0.05) is 26.2 Å². The van der Waals surface area contributed by atoms with E-state index in [4.69, 9.17) is 9.47 Å². The Labute approximate surface area is 169 Å². The van der Waals surface area contributed by atoms with E-state index in [2.05, 4.69) is 15.9 Å². The molecular formula is C22H36N2O4. The Morgan fingerprint density at radius 1 is 1.00 bits per heavy atom. The quantitative estimate of drug-likeness (QED) is 0.708. The van der Waals surface area contributed by atoms with Crippen molar-refractivity contribution in [2.45, 2.75) is 57.3 Å². The summed E-state index contributed by atoms with van der Waals surface area (Å²) in [5.74, 6) is 1.38. The maximum absolute atomic E-state index is 10.4. The van der Waals surface area contributed by atoms with Gasteiger partial charge in [-0.15, -0.1) is 0 Å². The first-order valence-corrected chi connectivity index (χ1v) is 10.7. The summed E-state index contributed by atoms with van der Waals surface area (Å²) in [6.45, 7) is 5.78. The number of piperidine rings is 1. The highest BCUT2D eigenvalue weighted by atomic mass is 16.5. The van der Waals surface area contributed by atoms with Gasteiger partial charge < -0.3 is 24.6 Å². The highest BCUT2D eigenvalue weighted by molar-refractivity contribution is 5.43. The molecule has 2 aliphatic rings. The summed E-state index contributed by atoms with van der Waals surface area (Å²) in [4.78, 5) is 4.70. The Morgan fingerprint density at radius 2 is 1.71 bits per heavy atom. The van der Waals surface area contributed by atoms with Crippen LogP contribution in [-0.2, 0) is 6.54 Å². The van der Waals surface area contributed by atoms with E-state index in [1.807, 2.05) is 12.1 Å². The van der Waals surface area contributed by atoms with Gasteiger partial charge in [-0.1, -0.05) is 18.9 Å². The van der Waals surface area contributed by atoms with Gasteiger partial charge in [0.25, 0.3) is 0 Å². The average molecular weight is 393 g/mol. The minimum atomic E-state index is -0.498. The number of hydrogen-bond donors (Lipinski definition) is 2. The van der Waals surface area contributed by atoms with Crippen molar-refractivity contribution in [2.24, 2.45) is 0 Å². The Bertz CT molecular complexity index is 582. The second-order valence-electron chi connectivity index (χ2n) is 8.17. The molecule has 1 unspecified atom stereocenters. The second kappa shape index (κ2) is 11.0. The Hall–Kier alpha value is -1.34. The van der Waals surface area contributed by atoms with Crippen LogP contribution in [0.5, 0.6) is 11.5 Å². The molecule has 2 saturated heterocycles. The van der Waals surface area contributed by atoms with E-state index in [9.17, 15) is 10.2 Å². The van der Waals surface area contributed by atoms with Crippen molar-refractivity contribution < 1.29 is 19.7 Å². The van der Waals surface area contributed by atoms with E-state index in [0.29, 0.717) is 18.0 Å². The van der Waals surface area contributed by atoms with Crippen molar-refractivity contribution in [3.63, 3.8) is 0 Å². The van der Waals surface area contributed by atoms with Crippen LogP contribution in [-0.4, -0.2) is 78.7 Å². The minimum absolute atomic E-state index is 0.151. The summed E-state index contributed by atoms with van der Waals surface area (Å²) < 4.78 is 11.4. The monoisotopic (exact) mass is 392 g/mol. The van der Waals surface area contributed by atoms with Crippen molar-refractivity contribution in [2.75, 3.05) is 46.4 Å². The summed E-state index contributed by atoms with van der Waals surface area (Å²) in [5, 5.41) is 20.0. The van der Waals surface area contributed by atoms with Crippen LogP contribution in [0.25, 0.3) is 0 Å². The molecule has 1 aromatic rings. The van der Waals surface area contributed by atoms with Gasteiger partial charge in [0.15, 0.2) is 11.5 Å². The van der Waals surface area contributed by atoms with E-state index >= 15 is 0 Å².